The lowest BCUT2D eigenvalue weighted by Gasteiger charge is -2.07. The monoisotopic (exact) mass is 335 g/mol. The maximum Gasteiger partial charge on any atom is 0.125 e. The second-order valence-electron chi connectivity index (χ2n) is 5.19. The van der Waals surface area contributed by atoms with Crippen LogP contribution in [0.25, 0.3) is 11.3 Å². The minimum Gasteiger partial charge on any atom is -0.394 e. The van der Waals surface area contributed by atoms with Crippen LogP contribution in [0.15, 0.2) is 34.8 Å². The molecule has 4 nitrogen and oxygen atoms in total. The van der Waals surface area contributed by atoms with Crippen LogP contribution in [0.4, 0.5) is 5.82 Å². The van der Waals surface area contributed by atoms with E-state index in [9.17, 15) is 0 Å². The first-order valence-corrected chi connectivity index (χ1v) is 7.74. The number of nitrogens with one attached hydrogen (secondary N) is 1. The summed E-state index contributed by atoms with van der Waals surface area (Å²) in [7, 11) is 0. The van der Waals surface area contributed by atoms with Crippen molar-refractivity contribution in [2.24, 2.45) is 5.92 Å². The molecule has 1 heterocycles. The normalized spacial score (nSPS) is 14.5. The Bertz CT molecular complexity index is 575. The van der Waals surface area contributed by atoms with Crippen LogP contribution in [0.2, 0.25) is 0 Å². The van der Waals surface area contributed by atoms with Gasteiger partial charge in [0.15, 0.2) is 0 Å². The summed E-state index contributed by atoms with van der Waals surface area (Å²) in [5, 5.41) is 17.2. The van der Waals surface area contributed by atoms with E-state index in [4.69, 9.17) is 5.11 Å². The Labute approximate surface area is 126 Å². The SMILES string of the molecule is OCCn1nc(-c2ccc(Br)cc2)cc1NCC1CC1. The molecule has 5 heteroatoms. The molecule has 0 bridgehead atoms. The van der Waals surface area contributed by atoms with Crippen LogP contribution in [0.5, 0.6) is 0 Å². The Hall–Kier alpha value is -1.33. The van der Waals surface area contributed by atoms with Crippen LogP contribution >= 0.6 is 15.9 Å². The zero-order valence-electron chi connectivity index (χ0n) is 11.2. The number of rotatable bonds is 6. The van der Waals surface area contributed by atoms with Gasteiger partial charge in [-0.25, -0.2) is 4.68 Å². The number of anilines is 1. The van der Waals surface area contributed by atoms with Crippen molar-refractivity contribution in [3.63, 3.8) is 0 Å². The van der Waals surface area contributed by atoms with Crippen molar-refractivity contribution in [2.45, 2.75) is 19.4 Å². The van der Waals surface area contributed by atoms with Crippen molar-refractivity contribution in [2.75, 3.05) is 18.5 Å². The van der Waals surface area contributed by atoms with Gasteiger partial charge in [-0.15, -0.1) is 0 Å². The van der Waals surface area contributed by atoms with Crippen LogP contribution < -0.4 is 5.32 Å². The summed E-state index contributed by atoms with van der Waals surface area (Å²) < 4.78 is 2.91. The predicted octanol–water partition coefficient (Wildman–Crippen LogP) is 3.13. The van der Waals surface area contributed by atoms with Gasteiger partial charge >= 0.3 is 0 Å². The molecular weight excluding hydrogens is 318 g/mol. The highest BCUT2D eigenvalue weighted by Crippen LogP contribution is 2.30. The highest BCUT2D eigenvalue weighted by molar-refractivity contribution is 9.10. The van der Waals surface area contributed by atoms with Crippen molar-refractivity contribution < 1.29 is 5.11 Å². The first-order chi connectivity index (χ1) is 9.76. The Morgan fingerprint density at radius 2 is 2.05 bits per heavy atom. The molecule has 20 heavy (non-hydrogen) atoms. The molecule has 0 unspecified atom stereocenters. The van der Waals surface area contributed by atoms with E-state index in [1.54, 1.807) is 0 Å². The van der Waals surface area contributed by atoms with E-state index in [0.29, 0.717) is 6.54 Å². The third kappa shape index (κ3) is 3.22. The Morgan fingerprint density at radius 3 is 2.70 bits per heavy atom. The molecule has 1 fully saturated rings. The first-order valence-electron chi connectivity index (χ1n) is 6.95. The molecule has 3 rings (SSSR count). The van der Waals surface area contributed by atoms with E-state index in [1.165, 1.54) is 12.8 Å². The number of halogens is 1. The Kier molecular flexibility index (Phi) is 4.08. The van der Waals surface area contributed by atoms with Gasteiger partial charge in [0.2, 0.25) is 0 Å². The van der Waals surface area contributed by atoms with Gasteiger partial charge in [0.05, 0.1) is 18.8 Å². The molecule has 1 aromatic carbocycles. The summed E-state index contributed by atoms with van der Waals surface area (Å²) in [4.78, 5) is 0. The van der Waals surface area contributed by atoms with Gasteiger partial charge in [0, 0.05) is 22.6 Å². The maximum atomic E-state index is 9.16. The largest absolute Gasteiger partial charge is 0.394 e. The zero-order chi connectivity index (χ0) is 13.9. The van der Waals surface area contributed by atoms with Crippen molar-refractivity contribution in [3.05, 3.63) is 34.8 Å². The maximum absolute atomic E-state index is 9.16. The number of nitrogens with zero attached hydrogens (tertiary/aromatic N) is 2. The molecule has 0 radical (unpaired) electrons. The summed E-state index contributed by atoms with van der Waals surface area (Å²) in [6, 6.07) is 10.2. The molecule has 0 saturated heterocycles. The van der Waals surface area contributed by atoms with E-state index >= 15 is 0 Å². The van der Waals surface area contributed by atoms with Crippen molar-refractivity contribution in [1.29, 1.82) is 0 Å². The molecule has 1 aliphatic rings. The predicted molar refractivity (Wildman–Crippen MR) is 83.7 cm³/mol. The van der Waals surface area contributed by atoms with Crippen LogP contribution in [0.3, 0.4) is 0 Å². The molecule has 0 atom stereocenters. The minimum atomic E-state index is 0.0968. The number of aliphatic hydroxyl groups is 1. The third-order valence-corrected chi connectivity index (χ3v) is 4.03. The summed E-state index contributed by atoms with van der Waals surface area (Å²) in [5.74, 6) is 1.80. The third-order valence-electron chi connectivity index (χ3n) is 3.50. The van der Waals surface area contributed by atoms with Crippen LogP contribution in [-0.2, 0) is 6.54 Å². The number of hydrogen-bond acceptors (Lipinski definition) is 3. The van der Waals surface area contributed by atoms with E-state index in [0.717, 1.165) is 34.0 Å². The average Bonchev–Trinajstić information content (AvgIpc) is 3.19. The molecule has 2 N–H and O–H groups in total. The van der Waals surface area contributed by atoms with Crippen molar-refractivity contribution >= 4 is 21.7 Å². The molecule has 106 valence electrons. The molecule has 1 saturated carbocycles. The number of hydrogen-bond donors (Lipinski definition) is 2. The fourth-order valence-electron chi connectivity index (χ4n) is 2.16. The van der Waals surface area contributed by atoms with Gasteiger partial charge in [-0.3, -0.25) is 0 Å². The van der Waals surface area contributed by atoms with Gasteiger partial charge < -0.3 is 10.4 Å². The fraction of sp³-hybridized carbons (Fsp3) is 0.400. The van der Waals surface area contributed by atoms with Crippen molar-refractivity contribution in [3.8, 4) is 11.3 Å². The number of aliphatic hydroxyl groups excluding tert-OH is 1. The average molecular weight is 336 g/mol. The lowest BCUT2D eigenvalue weighted by atomic mass is 10.1. The van der Waals surface area contributed by atoms with Gasteiger partial charge in [0.25, 0.3) is 0 Å². The lowest BCUT2D eigenvalue weighted by Crippen LogP contribution is -2.11. The summed E-state index contributed by atoms with van der Waals surface area (Å²) >= 11 is 3.44. The Balaban J connectivity index is 1.82. The second kappa shape index (κ2) is 5.97. The highest BCUT2D eigenvalue weighted by Gasteiger charge is 2.21. The number of benzene rings is 1. The molecule has 0 amide bonds. The molecular formula is C15H18BrN3O. The zero-order valence-corrected chi connectivity index (χ0v) is 12.8. The van der Waals surface area contributed by atoms with Gasteiger partial charge in [-0.05, 0) is 30.9 Å². The van der Waals surface area contributed by atoms with E-state index in [-0.39, 0.29) is 6.61 Å². The fourth-order valence-corrected chi connectivity index (χ4v) is 2.42. The summed E-state index contributed by atoms with van der Waals surface area (Å²) in [5.41, 5.74) is 2.02. The topological polar surface area (TPSA) is 50.1 Å². The van der Waals surface area contributed by atoms with Gasteiger partial charge in [-0.1, -0.05) is 28.1 Å². The lowest BCUT2D eigenvalue weighted by molar-refractivity contribution is 0.270. The van der Waals surface area contributed by atoms with Crippen LogP contribution in [0, 0.1) is 5.92 Å². The first kappa shape index (κ1) is 13.6. The molecule has 0 spiro atoms. The van der Waals surface area contributed by atoms with Crippen LogP contribution in [0.1, 0.15) is 12.8 Å². The van der Waals surface area contributed by atoms with E-state index < -0.39 is 0 Å². The molecule has 1 aliphatic carbocycles. The summed E-state index contributed by atoms with van der Waals surface area (Å²) in [6.45, 7) is 1.61. The molecule has 1 aromatic heterocycles. The quantitative estimate of drug-likeness (QED) is 0.852. The smallest absolute Gasteiger partial charge is 0.125 e. The molecule has 2 aromatic rings. The second-order valence-corrected chi connectivity index (χ2v) is 6.11. The van der Waals surface area contributed by atoms with E-state index in [2.05, 4.69) is 32.4 Å². The van der Waals surface area contributed by atoms with Crippen molar-refractivity contribution in [1.82, 2.24) is 9.78 Å². The van der Waals surface area contributed by atoms with Gasteiger partial charge in [-0.2, -0.15) is 5.10 Å². The number of aromatic nitrogens is 2. The van der Waals surface area contributed by atoms with E-state index in [1.807, 2.05) is 28.9 Å². The highest BCUT2D eigenvalue weighted by atomic mass is 79.9. The summed E-state index contributed by atoms with van der Waals surface area (Å²) in [6.07, 6.45) is 2.64. The minimum absolute atomic E-state index is 0.0968. The Morgan fingerprint density at radius 1 is 1.30 bits per heavy atom. The molecule has 0 aliphatic heterocycles. The standard InChI is InChI=1S/C15H18BrN3O/c16-13-5-3-12(4-6-13)14-9-15(17-10-11-1-2-11)19(18-14)7-8-20/h3-6,9,11,17,20H,1-2,7-8,10H2. The van der Waals surface area contributed by atoms with Crippen LogP contribution in [-0.4, -0.2) is 28.0 Å². The van der Waals surface area contributed by atoms with Gasteiger partial charge in [0.1, 0.15) is 5.82 Å².